The molecule has 0 N–H and O–H groups in total. The van der Waals surface area contributed by atoms with Crippen LogP contribution in [-0.4, -0.2) is 23.7 Å². The van der Waals surface area contributed by atoms with E-state index in [0.29, 0.717) is 0 Å². The van der Waals surface area contributed by atoms with Crippen molar-refractivity contribution in [3.8, 4) is 5.75 Å². The molecule has 0 bridgehead atoms. The first-order valence-corrected chi connectivity index (χ1v) is 3.67. The van der Waals surface area contributed by atoms with E-state index in [4.69, 9.17) is 4.74 Å². The van der Waals surface area contributed by atoms with Gasteiger partial charge in [0.2, 0.25) is 0 Å². The smallest absolute Gasteiger partial charge is 0.122 e. The molecule has 0 fully saturated rings. The quantitative estimate of drug-likeness (QED) is 0.589. The van der Waals surface area contributed by atoms with Crippen LogP contribution in [0.25, 0.3) is 0 Å². The molecule has 0 aliphatic carbocycles. The van der Waals surface area contributed by atoms with Crippen molar-refractivity contribution in [1.82, 2.24) is 0 Å². The number of rotatable bonds is 0. The third-order valence-electron chi connectivity index (χ3n) is 1.82. The van der Waals surface area contributed by atoms with Crippen LogP contribution in [0, 0.1) is 0 Å². The fourth-order valence-corrected chi connectivity index (χ4v) is 1.30. The van der Waals surface area contributed by atoms with Crippen molar-refractivity contribution in [2.24, 2.45) is 0 Å². The molecule has 0 saturated heterocycles. The molecule has 0 atom stereocenters. The Kier molecular flexibility index (Phi) is 2.98. The zero-order valence-electron chi connectivity index (χ0n) is 6.34. The zero-order chi connectivity index (χ0) is 6.81. The van der Waals surface area contributed by atoms with Gasteiger partial charge in [0.25, 0.3) is 0 Å². The summed E-state index contributed by atoms with van der Waals surface area (Å²) in [5.74, 6) is 1.08. The van der Waals surface area contributed by atoms with E-state index in [1.807, 2.05) is 12.1 Å². The number of hydrogen-bond acceptors (Lipinski definition) is 1. The molecule has 0 spiro atoms. The second kappa shape index (κ2) is 3.79. The van der Waals surface area contributed by atoms with Gasteiger partial charge in [0.15, 0.2) is 0 Å². The van der Waals surface area contributed by atoms with E-state index >= 15 is 0 Å². The topological polar surface area (TPSA) is 9.23 Å². The van der Waals surface area contributed by atoms with Gasteiger partial charge in [-0.1, -0.05) is 18.2 Å². The maximum absolute atomic E-state index is 5.42. The minimum atomic E-state index is 0. The number of fused-ring (bicyclic) bond motifs is 1. The van der Waals surface area contributed by atoms with Gasteiger partial charge in [0, 0.05) is 0 Å². The Hall–Kier alpha value is -0.461. The van der Waals surface area contributed by atoms with Crippen molar-refractivity contribution in [3.63, 3.8) is 0 Å². The second-order valence-electron chi connectivity index (χ2n) is 2.56. The van der Waals surface area contributed by atoms with E-state index in [1.165, 1.54) is 12.0 Å². The fraction of sp³-hybridized carbons (Fsp3) is 0.333. The van der Waals surface area contributed by atoms with Crippen LogP contribution in [0.4, 0.5) is 0 Å². The largest absolute Gasteiger partial charge is 0.493 e. The molecule has 1 aliphatic rings. The van der Waals surface area contributed by atoms with Gasteiger partial charge in [-0.05, 0) is 24.5 Å². The van der Waals surface area contributed by atoms with Crippen LogP contribution in [0.15, 0.2) is 24.3 Å². The van der Waals surface area contributed by atoms with Crippen LogP contribution in [0.1, 0.15) is 12.0 Å². The number of hydrogen-bond donors (Lipinski definition) is 0. The third-order valence-corrected chi connectivity index (χ3v) is 1.82. The first-order chi connectivity index (χ1) is 4.97. The number of ether oxygens (including phenoxy) is 1. The maximum Gasteiger partial charge on any atom is 0.122 e. The van der Waals surface area contributed by atoms with E-state index < -0.39 is 0 Å². The van der Waals surface area contributed by atoms with E-state index in [1.54, 1.807) is 0 Å². The number of para-hydroxylation sites is 1. The van der Waals surface area contributed by atoms with E-state index in [2.05, 4.69) is 12.1 Å². The van der Waals surface area contributed by atoms with E-state index in [-0.39, 0.29) is 17.1 Å². The molecular weight excluding hydrogens is 203 g/mol. The molecule has 1 nitrogen and oxygen atoms in total. The summed E-state index contributed by atoms with van der Waals surface area (Å²) in [6.07, 6.45) is 2.34. The summed E-state index contributed by atoms with van der Waals surface area (Å²) < 4.78 is 5.42. The maximum atomic E-state index is 5.42. The summed E-state index contributed by atoms with van der Waals surface area (Å²) in [6.45, 7) is 0.886. The Morgan fingerprint density at radius 2 is 2.00 bits per heavy atom. The standard InChI is InChI=1S/C9H10O.H2Se/c1-2-6-9-8(4-1)5-3-7-10-9;/h1-2,4,6H,3,5,7H2;1H2. The van der Waals surface area contributed by atoms with E-state index in [9.17, 15) is 0 Å². The summed E-state index contributed by atoms with van der Waals surface area (Å²) in [6, 6.07) is 8.25. The van der Waals surface area contributed by atoms with Gasteiger partial charge in [-0.25, -0.2) is 0 Å². The van der Waals surface area contributed by atoms with Gasteiger partial charge in [-0.15, -0.1) is 0 Å². The van der Waals surface area contributed by atoms with Crippen LogP contribution in [0.2, 0.25) is 0 Å². The van der Waals surface area contributed by atoms with Crippen molar-refractivity contribution < 1.29 is 4.74 Å². The fourth-order valence-electron chi connectivity index (χ4n) is 1.30. The van der Waals surface area contributed by atoms with Crippen LogP contribution in [-0.2, 0) is 6.42 Å². The van der Waals surface area contributed by atoms with Gasteiger partial charge >= 0.3 is 17.1 Å². The molecule has 60 valence electrons. The van der Waals surface area contributed by atoms with Gasteiger partial charge < -0.3 is 4.74 Å². The zero-order valence-corrected chi connectivity index (χ0v) is 8.44. The summed E-state index contributed by atoms with van der Waals surface area (Å²) in [5, 5.41) is 0. The normalized spacial score (nSPS) is 14.2. The van der Waals surface area contributed by atoms with Crippen LogP contribution < -0.4 is 4.74 Å². The molecule has 1 heterocycles. The average molecular weight is 215 g/mol. The average Bonchev–Trinajstić information content (AvgIpc) is 2.05. The van der Waals surface area contributed by atoms with Gasteiger partial charge in [0.05, 0.1) is 6.61 Å². The van der Waals surface area contributed by atoms with Crippen molar-refractivity contribution in [3.05, 3.63) is 29.8 Å². The first-order valence-electron chi connectivity index (χ1n) is 3.67. The Bertz CT molecular complexity index is 210. The summed E-state index contributed by atoms with van der Waals surface area (Å²) >= 11 is 0. The SMILES string of the molecule is [SeH2].c1ccc2c(c1)CCCO2. The predicted molar refractivity (Wildman–Crippen MR) is 48.8 cm³/mol. The second-order valence-corrected chi connectivity index (χ2v) is 2.56. The van der Waals surface area contributed by atoms with Crippen LogP contribution >= 0.6 is 0 Å². The van der Waals surface area contributed by atoms with Crippen molar-refractivity contribution in [2.45, 2.75) is 12.8 Å². The number of benzene rings is 1. The van der Waals surface area contributed by atoms with Crippen molar-refractivity contribution >= 4 is 17.1 Å². The molecule has 1 aromatic rings. The summed E-state index contributed by atoms with van der Waals surface area (Å²) in [5.41, 5.74) is 1.36. The Morgan fingerprint density at radius 3 is 2.82 bits per heavy atom. The summed E-state index contributed by atoms with van der Waals surface area (Å²) in [4.78, 5) is 0. The van der Waals surface area contributed by atoms with Crippen molar-refractivity contribution in [2.75, 3.05) is 6.61 Å². The van der Waals surface area contributed by atoms with E-state index in [0.717, 1.165) is 18.8 Å². The Labute approximate surface area is 77.2 Å². The molecule has 1 aliphatic heterocycles. The van der Waals surface area contributed by atoms with Gasteiger partial charge in [-0.3, -0.25) is 0 Å². The molecule has 0 unspecified atom stereocenters. The molecule has 1 aromatic carbocycles. The number of aryl methyl sites for hydroxylation is 1. The minimum absolute atomic E-state index is 0. The van der Waals surface area contributed by atoms with Crippen LogP contribution in [0.3, 0.4) is 0 Å². The Morgan fingerprint density at radius 1 is 1.18 bits per heavy atom. The molecule has 0 aromatic heterocycles. The van der Waals surface area contributed by atoms with Crippen LogP contribution in [0.5, 0.6) is 5.75 Å². The molecular formula is C9H12OSe. The molecule has 0 radical (unpaired) electrons. The van der Waals surface area contributed by atoms with Crippen molar-refractivity contribution in [1.29, 1.82) is 0 Å². The predicted octanol–water partition coefficient (Wildman–Crippen LogP) is 1.10. The first kappa shape index (κ1) is 8.63. The molecule has 11 heavy (non-hydrogen) atoms. The Balaban J connectivity index is 0.000000605. The molecule has 2 heteroatoms. The molecule has 0 saturated carbocycles. The minimum Gasteiger partial charge on any atom is -0.493 e. The molecule has 0 amide bonds. The molecule has 2 rings (SSSR count). The third kappa shape index (κ3) is 1.76. The van der Waals surface area contributed by atoms with Gasteiger partial charge in [0.1, 0.15) is 5.75 Å². The monoisotopic (exact) mass is 216 g/mol. The van der Waals surface area contributed by atoms with Gasteiger partial charge in [-0.2, -0.15) is 0 Å². The summed E-state index contributed by atoms with van der Waals surface area (Å²) in [7, 11) is 0.